The molecule has 0 unspecified atom stereocenters. The van der Waals surface area contributed by atoms with Crippen molar-refractivity contribution in [1.82, 2.24) is 4.98 Å². The average molecular weight is 278 g/mol. The summed E-state index contributed by atoms with van der Waals surface area (Å²) < 4.78 is 0. The highest BCUT2D eigenvalue weighted by Gasteiger charge is 2.02. The zero-order chi connectivity index (χ0) is 14.6. The van der Waals surface area contributed by atoms with E-state index in [2.05, 4.69) is 17.2 Å². The number of carboxylic acid groups (broad SMARTS) is 1. The zero-order valence-corrected chi connectivity index (χ0v) is 12.4. The van der Waals surface area contributed by atoms with E-state index in [0.717, 1.165) is 18.7 Å². The van der Waals surface area contributed by atoms with Gasteiger partial charge in [-0.2, -0.15) is 0 Å². The third-order valence-corrected chi connectivity index (χ3v) is 3.34. The van der Waals surface area contributed by atoms with Gasteiger partial charge in [-0.05, 0) is 18.6 Å². The first kappa shape index (κ1) is 16.5. The van der Waals surface area contributed by atoms with Gasteiger partial charge in [0.05, 0.1) is 11.9 Å². The molecule has 1 aromatic rings. The van der Waals surface area contributed by atoms with Crippen molar-refractivity contribution in [1.29, 1.82) is 0 Å². The summed E-state index contributed by atoms with van der Waals surface area (Å²) in [5, 5.41) is 12.0. The Bertz CT molecular complexity index is 377. The first-order valence-electron chi connectivity index (χ1n) is 7.67. The van der Waals surface area contributed by atoms with Crippen molar-refractivity contribution in [3.8, 4) is 0 Å². The fraction of sp³-hybridized carbons (Fsp3) is 0.625. The molecule has 20 heavy (non-hydrogen) atoms. The fourth-order valence-electron chi connectivity index (χ4n) is 2.12. The van der Waals surface area contributed by atoms with E-state index in [1.165, 1.54) is 51.0 Å². The van der Waals surface area contributed by atoms with E-state index in [9.17, 15) is 4.79 Å². The molecule has 0 saturated carbocycles. The van der Waals surface area contributed by atoms with Gasteiger partial charge in [0.15, 0.2) is 0 Å². The quantitative estimate of drug-likeness (QED) is 0.591. The minimum absolute atomic E-state index is 0.0858. The van der Waals surface area contributed by atoms with Crippen molar-refractivity contribution in [2.75, 3.05) is 11.9 Å². The Morgan fingerprint density at radius 1 is 1.10 bits per heavy atom. The second-order valence-electron chi connectivity index (χ2n) is 5.14. The maximum absolute atomic E-state index is 10.7. The number of carbonyl (C=O) groups is 1. The van der Waals surface area contributed by atoms with Crippen molar-refractivity contribution in [2.45, 2.75) is 58.3 Å². The minimum Gasteiger partial charge on any atom is -0.477 e. The third kappa shape index (κ3) is 7.12. The van der Waals surface area contributed by atoms with E-state index in [1.54, 1.807) is 12.3 Å². The highest BCUT2D eigenvalue weighted by molar-refractivity contribution is 5.85. The fourth-order valence-corrected chi connectivity index (χ4v) is 2.12. The number of carboxylic acids is 1. The van der Waals surface area contributed by atoms with E-state index < -0.39 is 5.97 Å². The van der Waals surface area contributed by atoms with Crippen molar-refractivity contribution in [3.05, 3.63) is 24.0 Å². The Balaban J connectivity index is 2.02. The number of pyridine rings is 1. The van der Waals surface area contributed by atoms with Crippen LogP contribution in [0.25, 0.3) is 0 Å². The number of anilines is 1. The average Bonchev–Trinajstić information content (AvgIpc) is 2.46. The molecule has 0 aliphatic heterocycles. The highest BCUT2D eigenvalue weighted by atomic mass is 16.4. The minimum atomic E-state index is -0.986. The Morgan fingerprint density at radius 3 is 2.30 bits per heavy atom. The third-order valence-electron chi connectivity index (χ3n) is 3.34. The van der Waals surface area contributed by atoms with Gasteiger partial charge < -0.3 is 10.4 Å². The summed E-state index contributed by atoms with van der Waals surface area (Å²) in [4.78, 5) is 14.5. The Kier molecular flexibility index (Phi) is 8.43. The maximum Gasteiger partial charge on any atom is 0.354 e. The summed E-state index contributed by atoms with van der Waals surface area (Å²) in [6.07, 6.45) is 12.0. The first-order chi connectivity index (χ1) is 9.74. The molecular weight excluding hydrogens is 252 g/mol. The predicted octanol–water partition coefficient (Wildman–Crippen LogP) is 4.33. The molecule has 2 N–H and O–H groups in total. The molecule has 4 nitrogen and oxygen atoms in total. The summed E-state index contributed by atoms with van der Waals surface area (Å²) in [6.45, 7) is 3.16. The molecule has 0 atom stereocenters. The van der Waals surface area contributed by atoms with Crippen molar-refractivity contribution < 1.29 is 9.90 Å². The smallest absolute Gasteiger partial charge is 0.354 e. The van der Waals surface area contributed by atoms with Gasteiger partial charge in [0.1, 0.15) is 5.69 Å². The maximum atomic E-state index is 10.7. The van der Waals surface area contributed by atoms with Gasteiger partial charge in [-0.1, -0.05) is 51.9 Å². The van der Waals surface area contributed by atoms with Crippen LogP contribution in [0.15, 0.2) is 18.3 Å². The summed E-state index contributed by atoms with van der Waals surface area (Å²) >= 11 is 0. The SMILES string of the molecule is CCCCCCCCCCNc1ccc(C(=O)O)nc1. The predicted molar refractivity (Wildman–Crippen MR) is 82.3 cm³/mol. The van der Waals surface area contributed by atoms with Crippen molar-refractivity contribution in [3.63, 3.8) is 0 Å². The lowest BCUT2D eigenvalue weighted by atomic mass is 10.1. The zero-order valence-electron chi connectivity index (χ0n) is 12.4. The summed E-state index contributed by atoms with van der Waals surface area (Å²) in [7, 11) is 0. The van der Waals surface area contributed by atoms with E-state index in [-0.39, 0.29) is 5.69 Å². The van der Waals surface area contributed by atoms with Gasteiger partial charge in [0.2, 0.25) is 0 Å². The number of hydrogen-bond acceptors (Lipinski definition) is 3. The number of nitrogens with zero attached hydrogens (tertiary/aromatic N) is 1. The lowest BCUT2D eigenvalue weighted by Gasteiger charge is -2.06. The Labute approximate surface area is 121 Å². The molecular formula is C16H26N2O2. The Morgan fingerprint density at radius 2 is 1.75 bits per heavy atom. The van der Waals surface area contributed by atoms with E-state index in [4.69, 9.17) is 5.11 Å². The lowest BCUT2D eigenvalue weighted by Crippen LogP contribution is -2.04. The van der Waals surface area contributed by atoms with Gasteiger partial charge >= 0.3 is 5.97 Å². The van der Waals surface area contributed by atoms with Crippen LogP contribution in [0.1, 0.15) is 68.8 Å². The number of unbranched alkanes of at least 4 members (excludes halogenated alkanes) is 7. The van der Waals surface area contributed by atoms with E-state index in [1.807, 2.05) is 0 Å². The second-order valence-corrected chi connectivity index (χ2v) is 5.14. The topological polar surface area (TPSA) is 62.2 Å². The monoisotopic (exact) mass is 278 g/mol. The number of nitrogens with one attached hydrogen (secondary N) is 1. The van der Waals surface area contributed by atoms with Crippen LogP contribution in [-0.2, 0) is 0 Å². The van der Waals surface area contributed by atoms with E-state index in [0.29, 0.717) is 0 Å². The Hall–Kier alpha value is -1.58. The van der Waals surface area contributed by atoms with Gasteiger partial charge in [-0.15, -0.1) is 0 Å². The molecule has 0 amide bonds. The van der Waals surface area contributed by atoms with Crippen LogP contribution in [-0.4, -0.2) is 22.6 Å². The van der Waals surface area contributed by atoms with Gasteiger partial charge in [-0.25, -0.2) is 9.78 Å². The van der Waals surface area contributed by atoms with Crippen LogP contribution in [0.3, 0.4) is 0 Å². The highest BCUT2D eigenvalue weighted by Crippen LogP contribution is 2.10. The molecule has 0 spiro atoms. The number of rotatable bonds is 11. The van der Waals surface area contributed by atoms with Crippen LogP contribution in [0.4, 0.5) is 5.69 Å². The summed E-state index contributed by atoms with van der Waals surface area (Å²) in [5.41, 5.74) is 0.973. The molecule has 0 fully saturated rings. The molecule has 0 bridgehead atoms. The standard InChI is InChI=1S/C16H26N2O2/c1-2-3-4-5-6-7-8-9-12-17-14-10-11-15(16(19)20)18-13-14/h10-11,13,17H,2-9,12H2,1H3,(H,19,20). The van der Waals surface area contributed by atoms with Crippen LogP contribution in [0.5, 0.6) is 0 Å². The summed E-state index contributed by atoms with van der Waals surface area (Å²) in [5.74, 6) is -0.986. The molecule has 0 aliphatic carbocycles. The first-order valence-corrected chi connectivity index (χ1v) is 7.67. The van der Waals surface area contributed by atoms with Crippen LogP contribution >= 0.6 is 0 Å². The molecule has 4 heteroatoms. The number of hydrogen-bond donors (Lipinski definition) is 2. The molecule has 0 aromatic carbocycles. The largest absolute Gasteiger partial charge is 0.477 e. The van der Waals surface area contributed by atoms with E-state index >= 15 is 0 Å². The second kappa shape index (κ2) is 10.2. The molecule has 1 rings (SSSR count). The molecule has 1 heterocycles. The van der Waals surface area contributed by atoms with Crippen molar-refractivity contribution in [2.24, 2.45) is 0 Å². The van der Waals surface area contributed by atoms with Gasteiger partial charge in [0, 0.05) is 6.54 Å². The molecule has 0 aliphatic rings. The van der Waals surface area contributed by atoms with Crippen molar-refractivity contribution >= 4 is 11.7 Å². The lowest BCUT2D eigenvalue weighted by molar-refractivity contribution is 0.0690. The summed E-state index contributed by atoms with van der Waals surface area (Å²) in [6, 6.07) is 3.29. The van der Waals surface area contributed by atoms with Crippen LogP contribution in [0.2, 0.25) is 0 Å². The molecule has 0 radical (unpaired) electrons. The number of aromatic carboxylic acids is 1. The number of aromatic nitrogens is 1. The molecule has 0 saturated heterocycles. The molecule has 112 valence electrons. The van der Waals surface area contributed by atoms with Gasteiger partial charge in [-0.3, -0.25) is 0 Å². The van der Waals surface area contributed by atoms with Crippen LogP contribution < -0.4 is 5.32 Å². The van der Waals surface area contributed by atoms with Gasteiger partial charge in [0.25, 0.3) is 0 Å². The van der Waals surface area contributed by atoms with Crippen LogP contribution in [0, 0.1) is 0 Å². The molecule has 1 aromatic heterocycles. The normalized spacial score (nSPS) is 10.4.